The largest absolute Gasteiger partial charge is 0.467 e. The van der Waals surface area contributed by atoms with Crippen LogP contribution in [-0.2, 0) is 19.1 Å². The van der Waals surface area contributed by atoms with E-state index < -0.39 is 18.1 Å². The smallest absolute Gasteiger partial charge is 0.328 e. The van der Waals surface area contributed by atoms with Gasteiger partial charge in [-0.2, -0.15) is 4.99 Å². The summed E-state index contributed by atoms with van der Waals surface area (Å²) in [6.07, 6.45) is 9.21. The molecular weight excluding hydrogens is 320 g/mol. The molecule has 0 radical (unpaired) electrons. The number of amides is 1. The molecule has 2 fully saturated rings. The quantitative estimate of drug-likeness (QED) is 0.331. The highest BCUT2D eigenvalue weighted by Crippen LogP contribution is 2.32. The standard InChI is InChI=1S/C19H28N2O4/c1-13(2)9-14-10-16(19(24)25-3)21(11-14)18(23)17(20-12-22)15-7-5-4-6-8-15/h9,14-17H,4-8,10-11H2,1-3H3/t14-,16?,17+/m1/s1. The summed E-state index contributed by atoms with van der Waals surface area (Å²) in [6.45, 7) is 4.46. The van der Waals surface area contributed by atoms with Crippen LogP contribution in [0.2, 0.25) is 0 Å². The van der Waals surface area contributed by atoms with Crippen LogP contribution in [0.1, 0.15) is 52.4 Å². The SMILES string of the molecule is COC(=O)C1C[C@@H](C=C(C)C)CN1C(=O)[C@@H](N=C=O)C1CCCCC1. The van der Waals surface area contributed by atoms with Crippen molar-refractivity contribution in [1.29, 1.82) is 0 Å². The fourth-order valence-electron chi connectivity index (χ4n) is 4.10. The van der Waals surface area contributed by atoms with Crippen molar-refractivity contribution >= 4 is 18.0 Å². The first-order valence-electron chi connectivity index (χ1n) is 9.08. The molecule has 1 heterocycles. The highest BCUT2D eigenvalue weighted by Gasteiger charge is 2.43. The number of carbonyl (C=O) groups is 2. The Labute approximate surface area is 149 Å². The van der Waals surface area contributed by atoms with Crippen molar-refractivity contribution in [2.75, 3.05) is 13.7 Å². The van der Waals surface area contributed by atoms with Gasteiger partial charge in [-0.1, -0.05) is 30.9 Å². The number of hydrogen-bond donors (Lipinski definition) is 0. The van der Waals surface area contributed by atoms with Crippen molar-refractivity contribution in [3.05, 3.63) is 11.6 Å². The summed E-state index contributed by atoms with van der Waals surface area (Å²) in [6, 6.07) is -1.33. The molecule has 1 saturated carbocycles. The monoisotopic (exact) mass is 348 g/mol. The predicted octanol–water partition coefficient (Wildman–Crippen LogP) is 2.63. The zero-order valence-electron chi connectivity index (χ0n) is 15.4. The van der Waals surface area contributed by atoms with Gasteiger partial charge in [0.05, 0.1) is 7.11 Å². The zero-order chi connectivity index (χ0) is 18.4. The van der Waals surface area contributed by atoms with Gasteiger partial charge in [0.2, 0.25) is 12.0 Å². The van der Waals surface area contributed by atoms with Crippen LogP contribution in [0.3, 0.4) is 0 Å². The second-order valence-corrected chi connectivity index (χ2v) is 7.33. The van der Waals surface area contributed by atoms with E-state index in [-0.39, 0.29) is 17.7 Å². The Hall–Kier alpha value is -1.94. The van der Waals surface area contributed by atoms with Gasteiger partial charge in [-0.15, -0.1) is 0 Å². The topological polar surface area (TPSA) is 76.0 Å². The first-order chi connectivity index (χ1) is 12.0. The lowest BCUT2D eigenvalue weighted by molar-refractivity contribution is -0.151. The Morgan fingerprint density at radius 2 is 1.92 bits per heavy atom. The summed E-state index contributed by atoms with van der Waals surface area (Å²) in [5, 5.41) is 0. The predicted molar refractivity (Wildman–Crippen MR) is 93.5 cm³/mol. The molecule has 0 bridgehead atoms. The highest BCUT2D eigenvalue weighted by atomic mass is 16.5. The molecule has 6 heteroatoms. The Balaban J connectivity index is 2.23. The number of isocyanates is 1. The number of likely N-dealkylation sites (tertiary alicyclic amines) is 1. The number of allylic oxidation sites excluding steroid dienone is 1. The van der Waals surface area contributed by atoms with Crippen LogP contribution in [0.25, 0.3) is 0 Å². The molecule has 0 aromatic rings. The molecule has 1 saturated heterocycles. The average Bonchev–Trinajstić information content (AvgIpc) is 3.02. The lowest BCUT2D eigenvalue weighted by Gasteiger charge is -2.31. The van der Waals surface area contributed by atoms with E-state index >= 15 is 0 Å². The first-order valence-corrected chi connectivity index (χ1v) is 9.08. The molecule has 3 atom stereocenters. The van der Waals surface area contributed by atoms with Crippen molar-refractivity contribution in [3.63, 3.8) is 0 Å². The summed E-state index contributed by atoms with van der Waals surface area (Å²) >= 11 is 0. The van der Waals surface area contributed by atoms with Crippen molar-refractivity contribution in [2.45, 2.75) is 64.5 Å². The molecule has 0 N–H and O–H groups in total. The Bertz CT molecular complexity index is 570. The number of hydrogen-bond acceptors (Lipinski definition) is 5. The molecular formula is C19H28N2O4. The van der Waals surface area contributed by atoms with Crippen LogP contribution in [0.4, 0.5) is 0 Å². The van der Waals surface area contributed by atoms with Crippen LogP contribution in [0.15, 0.2) is 16.6 Å². The molecule has 0 aromatic carbocycles. The van der Waals surface area contributed by atoms with Gasteiger partial charge >= 0.3 is 5.97 Å². The van der Waals surface area contributed by atoms with Gasteiger partial charge in [0.1, 0.15) is 12.1 Å². The minimum Gasteiger partial charge on any atom is -0.467 e. The molecule has 1 aliphatic heterocycles. The molecule has 1 aliphatic carbocycles. The first kappa shape index (κ1) is 19.4. The molecule has 25 heavy (non-hydrogen) atoms. The fraction of sp³-hybridized carbons (Fsp3) is 0.737. The van der Waals surface area contributed by atoms with Crippen LogP contribution < -0.4 is 0 Å². The number of esters is 1. The summed E-state index contributed by atoms with van der Waals surface area (Å²) in [4.78, 5) is 41.6. The summed E-state index contributed by atoms with van der Waals surface area (Å²) in [5.41, 5.74) is 1.15. The maximum absolute atomic E-state index is 13.1. The van der Waals surface area contributed by atoms with E-state index in [0.29, 0.717) is 13.0 Å². The minimum absolute atomic E-state index is 0.0588. The molecule has 138 valence electrons. The number of methoxy groups -OCH3 is 1. The molecule has 0 spiro atoms. The Morgan fingerprint density at radius 3 is 2.48 bits per heavy atom. The van der Waals surface area contributed by atoms with E-state index in [4.69, 9.17) is 4.74 Å². The Morgan fingerprint density at radius 1 is 1.24 bits per heavy atom. The van der Waals surface area contributed by atoms with E-state index in [0.717, 1.165) is 37.7 Å². The van der Waals surface area contributed by atoms with E-state index in [1.807, 2.05) is 13.8 Å². The van der Waals surface area contributed by atoms with E-state index in [9.17, 15) is 14.4 Å². The third-order valence-electron chi connectivity index (χ3n) is 5.20. The second-order valence-electron chi connectivity index (χ2n) is 7.33. The van der Waals surface area contributed by atoms with Crippen LogP contribution >= 0.6 is 0 Å². The summed E-state index contributed by atoms with van der Waals surface area (Å²) in [7, 11) is 1.33. The van der Waals surface area contributed by atoms with Gasteiger partial charge < -0.3 is 9.64 Å². The third-order valence-corrected chi connectivity index (χ3v) is 5.20. The molecule has 0 aromatic heterocycles. The zero-order valence-corrected chi connectivity index (χ0v) is 15.4. The van der Waals surface area contributed by atoms with Crippen molar-refractivity contribution < 1.29 is 19.1 Å². The summed E-state index contributed by atoms with van der Waals surface area (Å²) in [5.74, 6) is -0.473. The average molecular weight is 348 g/mol. The van der Waals surface area contributed by atoms with E-state index in [1.54, 1.807) is 11.0 Å². The van der Waals surface area contributed by atoms with E-state index in [2.05, 4.69) is 11.1 Å². The van der Waals surface area contributed by atoms with Crippen LogP contribution in [0.5, 0.6) is 0 Å². The molecule has 1 unspecified atom stereocenters. The Kier molecular flexibility index (Phi) is 6.94. The lowest BCUT2D eigenvalue weighted by atomic mass is 9.83. The van der Waals surface area contributed by atoms with Crippen molar-refractivity contribution in [1.82, 2.24) is 4.90 Å². The van der Waals surface area contributed by atoms with Crippen LogP contribution in [0, 0.1) is 11.8 Å². The number of rotatable bonds is 5. The van der Waals surface area contributed by atoms with Gasteiger partial charge in [0.25, 0.3) is 0 Å². The number of ether oxygens (including phenoxy) is 1. The fourth-order valence-corrected chi connectivity index (χ4v) is 4.10. The van der Waals surface area contributed by atoms with Gasteiger partial charge in [-0.25, -0.2) is 9.59 Å². The number of aliphatic imine (C=N–C) groups is 1. The third kappa shape index (κ3) is 4.79. The van der Waals surface area contributed by atoms with Crippen LogP contribution in [-0.4, -0.2) is 48.6 Å². The maximum Gasteiger partial charge on any atom is 0.328 e. The van der Waals surface area contributed by atoms with Gasteiger partial charge in [0.15, 0.2) is 0 Å². The molecule has 1 amide bonds. The number of carbonyl (C=O) groups excluding carboxylic acids is 3. The van der Waals surface area contributed by atoms with Crippen molar-refractivity contribution in [3.8, 4) is 0 Å². The van der Waals surface area contributed by atoms with Gasteiger partial charge in [-0.05, 0) is 44.9 Å². The van der Waals surface area contributed by atoms with Crippen molar-refractivity contribution in [2.24, 2.45) is 16.8 Å². The van der Waals surface area contributed by atoms with Gasteiger partial charge in [-0.3, -0.25) is 4.79 Å². The normalized spacial score (nSPS) is 25.0. The molecule has 6 nitrogen and oxygen atoms in total. The highest BCUT2D eigenvalue weighted by molar-refractivity contribution is 5.89. The summed E-state index contributed by atoms with van der Waals surface area (Å²) < 4.78 is 4.89. The maximum atomic E-state index is 13.1. The molecule has 2 rings (SSSR count). The van der Waals surface area contributed by atoms with E-state index in [1.165, 1.54) is 7.11 Å². The lowest BCUT2D eigenvalue weighted by Crippen LogP contribution is -2.47. The minimum atomic E-state index is -0.726. The van der Waals surface area contributed by atoms with Gasteiger partial charge in [0, 0.05) is 6.54 Å². The molecule has 2 aliphatic rings. The number of nitrogens with zero attached hydrogens (tertiary/aromatic N) is 2. The second kappa shape index (κ2) is 8.95.